The van der Waals surface area contributed by atoms with E-state index in [2.05, 4.69) is 0 Å². The van der Waals surface area contributed by atoms with E-state index < -0.39 is 11.9 Å². The van der Waals surface area contributed by atoms with E-state index in [-0.39, 0.29) is 18.0 Å². The number of hydrogen-bond donors (Lipinski definition) is 1. The maximum atomic E-state index is 12.6. The third-order valence-electron chi connectivity index (χ3n) is 3.46. The van der Waals surface area contributed by atoms with Gasteiger partial charge < -0.3 is 19.3 Å². The molecule has 1 unspecified atom stereocenters. The summed E-state index contributed by atoms with van der Waals surface area (Å²) in [4.78, 5) is 36.6. The van der Waals surface area contributed by atoms with E-state index in [0.717, 1.165) is 0 Å². The quantitative estimate of drug-likeness (QED) is 0.684. The van der Waals surface area contributed by atoms with Crippen molar-refractivity contribution in [3.63, 3.8) is 0 Å². The molecule has 0 aliphatic rings. The summed E-state index contributed by atoms with van der Waals surface area (Å²) in [5.74, 6) is -1.91. The number of nitrogens with zero attached hydrogens (tertiary/aromatic N) is 2. The second-order valence-corrected chi connectivity index (χ2v) is 5.41. The van der Waals surface area contributed by atoms with Crippen LogP contribution in [0.1, 0.15) is 30.6 Å². The van der Waals surface area contributed by atoms with Crippen LogP contribution in [0.2, 0.25) is 0 Å². The maximum absolute atomic E-state index is 12.6. The molecule has 0 saturated heterocycles. The number of aromatic nitrogens is 1. The van der Waals surface area contributed by atoms with Gasteiger partial charge in [0.1, 0.15) is 0 Å². The molecule has 0 aliphatic heterocycles. The summed E-state index contributed by atoms with van der Waals surface area (Å²) in [7, 11) is 1.57. The third-order valence-corrected chi connectivity index (χ3v) is 3.46. The molecule has 7 nitrogen and oxygen atoms in total. The summed E-state index contributed by atoms with van der Waals surface area (Å²) in [6.45, 7) is 5.07. The molecule has 0 fully saturated rings. The molecular weight excluding hydrogens is 300 g/mol. The lowest BCUT2D eigenvalue weighted by Gasteiger charge is -2.24. The van der Waals surface area contributed by atoms with E-state index in [1.54, 1.807) is 14.0 Å². The molecule has 1 amide bonds. The Hall–Kier alpha value is -2.15. The van der Waals surface area contributed by atoms with Gasteiger partial charge in [0, 0.05) is 45.6 Å². The Labute approximate surface area is 135 Å². The van der Waals surface area contributed by atoms with Gasteiger partial charge in [-0.1, -0.05) is 6.92 Å². The zero-order valence-electron chi connectivity index (χ0n) is 13.8. The van der Waals surface area contributed by atoms with Gasteiger partial charge in [0.25, 0.3) is 5.91 Å². The number of carboxylic acids is 1. The van der Waals surface area contributed by atoms with Gasteiger partial charge in [-0.2, -0.15) is 0 Å². The molecule has 1 aromatic heterocycles. The largest absolute Gasteiger partial charge is 0.481 e. The number of aliphatic carboxylic acids is 1. The molecule has 128 valence electrons. The summed E-state index contributed by atoms with van der Waals surface area (Å²) < 4.78 is 6.58. The van der Waals surface area contributed by atoms with Crippen molar-refractivity contribution in [3.05, 3.63) is 34.2 Å². The molecule has 1 atom stereocenters. The Morgan fingerprint density at radius 1 is 1.39 bits per heavy atom. The minimum Gasteiger partial charge on any atom is -0.481 e. The molecule has 1 N–H and O–H groups in total. The Balaban J connectivity index is 2.87. The van der Waals surface area contributed by atoms with E-state index in [1.807, 2.05) is 6.92 Å². The molecule has 0 radical (unpaired) electrons. The molecule has 1 rings (SSSR count). The van der Waals surface area contributed by atoms with Gasteiger partial charge >= 0.3 is 5.97 Å². The number of pyridine rings is 1. The topological polar surface area (TPSA) is 88.8 Å². The predicted octanol–water partition coefficient (Wildman–Crippen LogP) is 0.975. The summed E-state index contributed by atoms with van der Waals surface area (Å²) >= 11 is 0. The van der Waals surface area contributed by atoms with Crippen LogP contribution < -0.4 is 5.56 Å². The second-order valence-electron chi connectivity index (χ2n) is 5.41. The smallest absolute Gasteiger partial charge is 0.308 e. The SMILES string of the molecule is CCOCCCN(CC(C)C(=O)O)C(=O)c1ccc(=O)n(C)c1. The molecule has 0 saturated carbocycles. The average molecular weight is 324 g/mol. The highest BCUT2D eigenvalue weighted by molar-refractivity contribution is 5.94. The fourth-order valence-corrected chi connectivity index (χ4v) is 2.09. The van der Waals surface area contributed by atoms with E-state index in [1.165, 1.54) is 27.8 Å². The number of hydrogen-bond acceptors (Lipinski definition) is 4. The molecule has 0 bridgehead atoms. The Morgan fingerprint density at radius 3 is 2.65 bits per heavy atom. The number of rotatable bonds is 9. The summed E-state index contributed by atoms with van der Waals surface area (Å²) in [6, 6.07) is 2.79. The van der Waals surface area contributed by atoms with Crippen LogP contribution >= 0.6 is 0 Å². The zero-order valence-corrected chi connectivity index (χ0v) is 13.8. The van der Waals surface area contributed by atoms with Crippen LogP contribution in [0.4, 0.5) is 0 Å². The van der Waals surface area contributed by atoms with E-state index >= 15 is 0 Å². The minimum absolute atomic E-state index is 0.114. The first-order chi connectivity index (χ1) is 10.9. The van der Waals surface area contributed by atoms with E-state index in [4.69, 9.17) is 9.84 Å². The molecule has 1 aromatic rings. The highest BCUT2D eigenvalue weighted by Gasteiger charge is 2.21. The van der Waals surface area contributed by atoms with Crippen molar-refractivity contribution in [3.8, 4) is 0 Å². The first-order valence-corrected chi connectivity index (χ1v) is 7.63. The van der Waals surface area contributed by atoms with Gasteiger partial charge in [-0.3, -0.25) is 14.4 Å². The Morgan fingerprint density at radius 2 is 2.09 bits per heavy atom. The fourth-order valence-electron chi connectivity index (χ4n) is 2.09. The molecule has 0 spiro atoms. The van der Waals surface area contributed by atoms with Crippen LogP contribution in [0, 0.1) is 5.92 Å². The molecular formula is C16H24N2O5. The average Bonchev–Trinajstić information content (AvgIpc) is 2.52. The van der Waals surface area contributed by atoms with Crippen molar-refractivity contribution < 1.29 is 19.4 Å². The summed E-state index contributed by atoms with van der Waals surface area (Å²) in [5, 5.41) is 9.07. The number of carbonyl (C=O) groups excluding carboxylic acids is 1. The maximum Gasteiger partial charge on any atom is 0.308 e. The van der Waals surface area contributed by atoms with Crippen molar-refractivity contribution in [1.29, 1.82) is 0 Å². The standard InChI is InChI=1S/C16H24N2O5/c1-4-23-9-5-8-18(10-12(2)16(21)22)15(20)13-6-7-14(19)17(3)11-13/h6-7,11-12H,4-5,8-10H2,1-3H3,(H,21,22). The summed E-state index contributed by atoms with van der Waals surface area (Å²) in [5.41, 5.74) is 0.157. The van der Waals surface area contributed by atoms with Crippen LogP contribution in [0.3, 0.4) is 0 Å². The zero-order chi connectivity index (χ0) is 17.4. The first-order valence-electron chi connectivity index (χ1n) is 7.63. The van der Waals surface area contributed by atoms with Crippen molar-refractivity contribution in [2.24, 2.45) is 13.0 Å². The summed E-state index contributed by atoms with van der Waals surface area (Å²) in [6.07, 6.45) is 2.09. The molecule has 0 aliphatic carbocycles. The van der Waals surface area contributed by atoms with Crippen LogP contribution in [-0.2, 0) is 16.6 Å². The number of carbonyl (C=O) groups is 2. The molecule has 1 heterocycles. The first kappa shape index (κ1) is 18.9. The molecule has 0 aromatic carbocycles. The van der Waals surface area contributed by atoms with Gasteiger partial charge in [-0.05, 0) is 19.4 Å². The second kappa shape index (κ2) is 9.09. The number of aryl methyl sites for hydroxylation is 1. The lowest BCUT2D eigenvalue weighted by Crippen LogP contribution is -2.38. The van der Waals surface area contributed by atoms with Crippen LogP contribution in [-0.4, -0.2) is 52.8 Å². The third kappa shape index (κ3) is 5.86. The van der Waals surface area contributed by atoms with Crippen molar-refractivity contribution in [2.75, 3.05) is 26.3 Å². The fraction of sp³-hybridized carbons (Fsp3) is 0.562. The molecule has 7 heteroatoms. The van der Waals surface area contributed by atoms with Crippen molar-refractivity contribution in [1.82, 2.24) is 9.47 Å². The Kier molecular flexibility index (Phi) is 7.47. The van der Waals surface area contributed by atoms with Crippen LogP contribution in [0.15, 0.2) is 23.1 Å². The lowest BCUT2D eigenvalue weighted by molar-refractivity contribution is -0.141. The normalized spacial score (nSPS) is 12.0. The van der Waals surface area contributed by atoms with Crippen molar-refractivity contribution in [2.45, 2.75) is 20.3 Å². The van der Waals surface area contributed by atoms with Gasteiger partial charge in [0.2, 0.25) is 5.56 Å². The van der Waals surface area contributed by atoms with Gasteiger partial charge in [-0.15, -0.1) is 0 Å². The van der Waals surface area contributed by atoms with E-state index in [9.17, 15) is 14.4 Å². The van der Waals surface area contributed by atoms with Crippen molar-refractivity contribution >= 4 is 11.9 Å². The van der Waals surface area contributed by atoms with E-state index in [0.29, 0.717) is 31.7 Å². The van der Waals surface area contributed by atoms with Crippen LogP contribution in [0.5, 0.6) is 0 Å². The van der Waals surface area contributed by atoms with Crippen LogP contribution in [0.25, 0.3) is 0 Å². The lowest BCUT2D eigenvalue weighted by atomic mass is 10.1. The van der Waals surface area contributed by atoms with Gasteiger partial charge in [0.05, 0.1) is 11.5 Å². The Bertz CT molecular complexity index is 596. The molecule has 23 heavy (non-hydrogen) atoms. The van der Waals surface area contributed by atoms with Gasteiger partial charge in [0.15, 0.2) is 0 Å². The minimum atomic E-state index is -0.951. The number of carboxylic acid groups (broad SMARTS) is 1. The highest BCUT2D eigenvalue weighted by atomic mass is 16.5. The van der Waals surface area contributed by atoms with Gasteiger partial charge in [-0.25, -0.2) is 0 Å². The number of ether oxygens (including phenoxy) is 1. The highest BCUT2D eigenvalue weighted by Crippen LogP contribution is 2.08. The monoisotopic (exact) mass is 324 g/mol. The predicted molar refractivity (Wildman–Crippen MR) is 85.5 cm³/mol. The number of amides is 1.